The maximum absolute atomic E-state index is 13.7. The van der Waals surface area contributed by atoms with E-state index in [0.717, 1.165) is 50.7 Å². The van der Waals surface area contributed by atoms with Crippen LogP contribution in [0.1, 0.15) is 68.6 Å². The number of benzene rings is 2. The van der Waals surface area contributed by atoms with Crippen molar-refractivity contribution in [2.45, 2.75) is 70.4 Å². The first-order valence-electron chi connectivity index (χ1n) is 14.7. The average Bonchev–Trinajstić information content (AvgIpc) is 3.42. The van der Waals surface area contributed by atoms with Gasteiger partial charge in [-0.3, -0.25) is 0 Å². The van der Waals surface area contributed by atoms with Crippen LogP contribution in [0.5, 0.6) is 0 Å². The van der Waals surface area contributed by atoms with Crippen LogP contribution in [0.15, 0.2) is 54.6 Å². The highest BCUT2D eigenvalue weighted by Crippen LogP contribution is 2.39. The van der Waals surface area contributed by atoms with Crippen LogP contribution in [0.3, 0.4) is 0 Å². The number of nitrogens with one attached hydrogen (secondary N) is 2. The summed E-state index contributed by atoms with van der Waals surface area (Å²) >= 11 is 5.79. The Hall–Kier alpha value is -3.26. The van der Waals surface area contributed by atoms with Crippen LogP contribution in [0, 0.1) is 11.7 Å². The summed E-state index contributed by atoms with van der Waals surface area (Å²) in [6, 6.07) is 17.8. The van der Waals surface area contributed by atoms with Crippen molar-refractivity contribution in [1.82, 2.24) is 15.3 Å². The summed E-state index contributed by atoms with van der Waals surface area (Å²) in [6.07, 6.45) is 8.12. The first-order valence-corrected chi connectivity index (χ1v) is 15.1. The van der Waals surface area contributed by atoms with Crippen LogP contribution in [0.2, 0.25) is 0 Å². The van der Waals surface area contributed by atoms with Gasteiger partial charge in [-0.1, -0.05) is 62.6 Å². The van der Waals surface area contributed by atoms with E-state index in [4.69, 9.17) is 22.2 Å². The molecule has 1 aromatic heterocycles. The second kappa shape index (κ2) is 11.7. The van der Waals surface area contributed by atoms with Crippen molar-refractivity contribution in [3.8, 4) is 0 Å². The van der Waals surface area contributed by atoms with Crippen LogP contribution in [-0.4, -0.2) is 34.7 Å². The lowest BCUT2D eigenvalue weighted by atomic mass is 9.69. The van der Waals surface area contributed by atoms with Gasteiger partial charge in [-0.05, 0) is 72.6 Å². The Morgan fingerprint density at radius 2 is 1.62 bits per heavy atom. The van der Waals surface area contributed by atoms with Crippen LogP contribution < -0.4 is 20.4 Å². The van der Waals surface area contributed by atoms with Gasteiger partial charge in [0.25, 0.3) is 0 Å². The lowest BCUT2D eigenvalue weighted by Gasteiger charge is -2.38. The van der Waals surface area contributed by atoms with E-state index in [1.54, 1.807) is 12.1 Å². The predicted molar refractivity (Wildman–Crippen MR) is 164 cm³/mol. The van der Waals surface area contributed by atoms with E-state index in [1.807, 2.05) is 12.1 Å². The second-order valence-corrected chi connectivity index (χ2v) is 12.3. The summed E-state index contributed by atoms with van der Waals surface area (Å²) in [5, 5.41) is 7.32. The fourth-order valence-electron chi connectivity index (χ4n) is 6.69. The fraction of sp³-hybridized carbons (Fsp3) is 0.469. The molecule has 3 heterocycles. The molecule has 3 aliphatic rings. The van der Waals surface area contributed by atoms with Crippen molar-refractivity contribution in [2.75, 3.05) is 34.8 Å². The summed E-state index contributed by atoms with van der Waals surface area (Å²) in [7, 11) is 0. The van der Waals surface area contributed by atoms with Gasteiger partial charge in [0.15, 0.2) is 5.11 Å². The summed E-state index contributed by atoms with van der Waals surface area (Å²) < 4.78 is 13.7. The number of piperidine rings is 1. The van der Waals surface area contributed by atoms with E-state index in [2.05, 4.69) is 57.7 Å². The standard InChI is InChI=1S/C32H39FN6S/c1-23-8-7-17-38(19-23)28-18-29(39-20-24-9-3-4-10-25(24)21-39)36-30(35-28)37-31(40)34-22-32(15-5-2-6-16-32)26-11-13-27(33)14-12-26/h3-4,9-14,18,23H,2,5-8,15-17,19-22H2,1H3,(H2,34,35,36,37,40)/t23-/m0/s1. The Balaban J connectivity index is 1.21. The normalized spacial score (nSPS) is 20.2. The number of nitrogens with zero attached hydrogens (tertiary/aromatic N) is 4. The van der Waals surface area contributed by atoms with Crippen molar-refractivity contribution >= 4 is 34.9 Å². The van der Waals surface area contributed by atoms with Crippen molar-refractivity contribution in [2.24, 2.45) is 5.92 Å². The molecule has 0 radical (unpaired) electrons. The molecule has 2 aliphatic heterocycles. The third-order valence-corrected chi connectivity index (χ3v) is 9.17. The molecule has 0 spiro atoms. The molecular formula is C32H39FN6S. The van der Waals surface area contributed by atoms with Crippen LogP contribution in [0.4, 0.5) is 22.0 Å². The smallest absolute Gasteiger partial charge is 0.232 e. The van der Waals surface area contributed by atoms with Crippen molar-refractivity contribution in [3.63, 3.8) is 0 Å². The zero-order valence-corrected chi connectivity index (χ0v) is 24.2. The highest BCUT2D eigenvalue weighted by molar-refractivity contribution is 7.80. The Kier molecular flexibility index (Phi) is 7.87. The number of anilines is 3. The van der Waals surface area contributed by atoms with E-state index < -0.39 is 0 Å². The number of halogens is 1. The largest absolute Gasteiger partial charge is 0.361 e. The Labute approximate surface area is 242 Å². The van der Waals surface area contributed by atoms with Gasteiger partial charge in [0, 0.05) is 44.2 Å². The average molecular weight is 559 g/mol. The zero-order valence-electron chi connectivity index (χ0n) is 23.3. The molecule has 40 heavy (non-hydrogen) atoms. The zero-order chi connectivity index (χ0) is 27.5. The molecule has 1 saturated carbocycles. The molecule has 0 bridgehead atoms. The summed E-state index contributed by atoms with van der Waals surface area (Å²) in [4.78, 5) is 14.6. The van der Waals surface area contributed by atoms with E-state index >= 15 is 0 Å². The monoisotopic (exact) mass is 558 g/mol. The lowest BCUT2D eigenvalue weighted by molar-refractivity contribution is 0.292. The summed E-state index contributed by atoms with van der Waals surface area (Å²) in [5.74, 6) is 2.84. The number of thiocarbonyl (C=S) groups is 1. The van der Waals surface area contributed by atoms with Crippen molar-refractivity contribution in [3.05, 3.63) is 77.1 Å². The third kappa shape index (κ3) is 5.92. The molecule has 2 N–H and O–H groups in total. The van der Waals surface area contributed by atoms with Gasteiger partial charge in [0.05, 0.1) is 0 Å². The highest BCUT2D eigenvalue weighted by atomic mass is 32.1. The Morgan fingerprint density at radius 3 is 2.30 bits per heavy atom. The Morgan fingerprint density at radius 1 is 0.950 bits per heavy atom. The molecule has 8 heteroatoms. The van der Waals surface area contributed by atoms with Crippen molar-refractivity contribution in [1.29, 1.82) is 0 Å². The number of fused-ring (bicyclic) bond motifs is 1. The minimum absolute atomic E-state index is 0.0587. The number of hydrogen-bond acceptors (Lipinski definition) is 5. The first kappa shape index (κ1) is 26.9. The van der Waals surface area contributed by atoms with E-state index in [0.29, 0.717) is 23.5 Å². The van der Waals surface area contributed by atoms with Crippen molar-refractivity contribution < 1.29 is 4.39 Å². The molecule has 3 aromatic rings. The number of aromatic nitrogens is 2. The van der Waals surface area contributed by atoms with E-state index in [-0.39, 0.29) is 11.2 Å². The summed E-state index contributed by atoms with van der Waals surface area (Å²) in [6.45, 7) is 6.69. The molecule has 0 unspecified atom stereocenters. The molecule has 1 aliphatic carbocycles. The van der Waals surface area contributed by atoms with Gasteiger partial charge >= 0.3 is 0 Å². The topological polar surface area (TPSA) is 56.3 Å². The van der Waals surface area contributed by atoms with Gasteiger partial charge in [0.2, 0.25) is 5.95 Å². The second-order valence-electron chi connectivity index (χ2n) is 11.9. The third-order valence-electron chi connectivity index (χ3n) is 8.92. The predicted octanol–water partition coefficient (Wildman–Crippen LogP) is 6.56. The van der Waals surface area contributed by atoms with Crippen LogP contribution in [0.25, 0.3) is 0 Å². The first-order chi connectivity index (χ1) is 19.5. The minimum atomic E-state index is -0.197. The molecule has 2 fully saturated rings. The SMILES string of the molecule is C[C@H]1CCCN(c2cc(N3Cc4ccccc4C3)nc(NC(=S)NCC3(c4ccc(F)cc4)CCCCC3)n2)C1. The summed E-state index contributed by atoms with van der Waals surface area (Å²) in [5.41, 5.74) is 3.81. The molecule has 2 aromatic carbocycles. The van der Waals surface area contributed by atoms with Gasteiger partial charge in [0.1, 0.15) is 17.5 Å². The molecule has 6 nitrogen and oxygen atoms in total. The van der Waals surface area contributed by atoms with E-state index in [9.17, 15) is 4.39 Å². The van der Waals surface area contributed by atoms with E-state index in [1.165, 1.54) is 48.8 Å². The lowest BCUT2D eigenvalue weighted by Crippen LogP contribution is -2.43. The molecule has 210 valence electrons. The quantitative estimate of drug-likeness (QED) is 0.332. The minimum Gasteiger partial charge on any atom is -0.361 e. The van der Waals surface area contributed by atoms with Gasteiger partial charge in [-0.25, -0.2) is 4.39 Å². The fourth-order valence-corrected chi connectivity index (χ4v) is 6.85. The van der Waals surface area contributed by atoms with Crippen LogP contribution >= 0.6 is 12.2 Å². The van der Waals surface area contributed by atoms with Gasteiger partial charge in [-0.2, -0.15) is 9.97 Å². The maximum Gasteiger partial charge on any atom is 0.232 e. The highest BCUT2D eigenvalue weighted by Gasteiger charge is 2.34. The van der Waals surface area contributed by atoms with Gasteiger partial charge < -0.3 is 20.4 Å². The molecule has 1 saturated heterocycles. The maximum atomic E-state index is 13.7. The molecule has 6 rings (SSSR count). The van der Waals surface area contributed by atoms with Crippen LogP contribution in [-0.2, 0) is 18.5 Å². The molecule has 0 amide bonds. The molecular weight excluding hydrogens is 519 g/mol. The molecule has 1 atom stereocenters. The number of rotatable bonds is 6. The van der Waals surface area contributed by atoms with Gasteiger partial charge in [-0.15, -0.1) is 0 Å². The number of hydrogen-bond donors (Lipinski definition) is 2. The Bertz CT molecular complexity index is 1310.